The van der Waals surface area contributed by atoms with Crippen LogP contribution in [0.25, 0.3) is 0 Å². The van der Waals surface area contributed by atoms with Crippen molar-refractivity contribution in [1.29, 1.82) is 0 Å². The Morgan fingerprint density at radius 2 is 1.76 bits per heavy atom. The van der Waals surface area contributed by atoms with Gasteiger partial charge in [-0.2, -0.15) is 0 Å². The molecule has 1 unspecified atom stereocenters. The fraction of sp³-hybridized carbons (Fsp3) is 0.208. The molecule has 3 aromatic carbocycles. The van der Waals surface area contributed by atoms with Gasteiger partial charge in [0.05, 0.1) is 6.04 Å². The molecule has 1 atom stereocenters. The molecule has 1 aliphatic carbocycles. The first-order valence-electron chi connectivity index (χ1n) is 9.75. The van der Waals surface area contributed by atoms with Gasteiger partial charge in [0.1, 0.15) is 11.6 Å². The highest BCUT2D eigenvalue weighted by atomic mass is 19.1. The minimum absolute atomic E-state index is 0.0986. The van der Waals surface area contributed by atoms with Gasteiger partial charge in [0.25, 0.3) is 0 Å². The number of urea groups is 1. The number of halogens is 2. The Labute approximate surface area is 169 Å². The number of nitrogens with one attached hydrogen (secondary N) is 1. The molecule has 0 spiro atoms. The van der Waals surface area contributed by atoms with Crippen molar-refractivity contribution in [2.24, 2.45) is 0 Å². The van der Waals surface area contributed by atoms with Crippen molar-refractivity contribution in [1.82, 2.24) is 4.90 Å². The number of amides is 2. The van der Waals surface area contributed by atoms with E-state index in [0.29, 0.717) is 12.2 Å². The summed E-state index contributed by atoms with van der Waals surface area (Å²) >= 11 is 0. The highest BCUT2D eigenvalue weighted by Gasteiger charge is 2.29. The summed E-state index contributed by atoms with van der Waals surface area (Å²) in [6.45, 7) is 0.334. The first-order valence-corrected chi connectivity index (χ1v) is 9.75. The summed E-state index contributed by atoms with van der Waals surface area (Å²) in [5.74, 6) is -0.719. The van der Waals surface area contributed by atoms with Crippen LogP contribution in [0.3, 0.4) is 0 Å². The molecule has 148 valence electrons. The van der Waals surface area contributed by atoms with Gasteiger partial charge < -0.3 is 10.2 Å². The van der Waals surface area contributed by atoms with Crippen LogP contribution in [0, 0.1) is 11.6 Å². The fourth-order valence-electron chi connectivity index (χ4n) is 3.92. The first kappa shape index (κ1) is 19.1. The first-order chi connectivity index (χ1) is 14.1. The van der Waals surface area contributed by atoms with Gasteiger partial charge in [-0.15, -0.1) is 0 Å². The smallest absolute Gasteiger partial charge is 0.313 e. The van der Waals surface area contributed by atoms with Crippen LogP contribution in [0.5, 0.6) is 0 Å². The second kappa shape index (κ2) is 8.43. The summed E-state index contributed by atoms with van der Waals surface area (Å²) in [4.78, 5) is 15.0. The Morgan fingerprint density at radius 1 is 0.966 bits per heavy atom. The van der Waals surface area contributed by atoms with Crippen LogP contribution >= 0.6 is 0 Å². The van der Waals surface area contributed by atoms with Gasteiger partial charge in [0.2, 0.25) is 0 Å². The molecule has 0 radical (unpaired) electrons. The van der Waals surface area contributed by atoms with Gasteiger partial charge in [-0.05, 0) is 66.3 Å². The van der Waals surface area contributed by atoms with Crippen LogP contribution in [0.1, 0.15) is 35.6 Å². The van der Waals surface area contributed by atoms with Crippen LogP contribution < -0.4 is 5.32 Å². The van der Waals surface area contributed by atoms with Crippen LogP contribution in [0.15, 0.2) is 72.8 Å². The van der Waals surface area contributed by atoms with Gasteiger partial charge in [0, 0.05) is 12.2 Å². The number of nitrogens with zero attached hydrogens (tertiary/aromatic N) is 1. The Bertz CT molecular complexity index is 1000. The molecule has 4 rings (SSSR count). The molecular weight excluding hydrogens is 370 g/mol. The molecule has 5 heteroatoms. The Hall–Kier alpha value is -3.21. The van der Waals surface area contributed by atoms with Gasteiger partial charge in [-0.1, -0.05) is 42.5 Å². The molecule has 3 aromatic rings. The molecule has 1 N–H and O–H groups in total. The molecule has 1 aliphatic rings. The standard InChI is InChI=1S/C24H22F2N2O/c25-19-13-11-17(12-14-19)16-28(24(29)27-21-8-4-7-20(26)15-21)23-10-3-6-18-5-1-2-9-22(18)23/h1-2,4-5,7-9,11-15,23H,3,6,10,16H2,(H,27,29). The van der Waals surface area contributed by atoms with Gasteiger partial charge >= 0.3 is 6.03 Å². The van der Waals surface area contributed by atoms with E-state index >= 15 is 0 Å². The maximum absolute atomic E-state index is 13.6. The van der Waals surface area contributed by atoms with Crippen LogP contribution in [0.2, 0.25) is 0 Å². The van der Waals surface area contributed by atoms with E-state index in [1.54, 1.807) is 29.2 Å². The lowest BCUT2D eigenvalue weighted by molar-refractivity contribution is 0.175. The largest absolute Gasteiger partial charge is 0.322 e. The lowest BCUT2D eigenvalue weighted by Gasteiger charge is -2.36. The predicted octanol–water partition coefficient (Wildman–Crippen LogP) is 6.08. The monoisotopic (exact) mass is 392 g/mol. The molecule has 0 heterocycles. The lowest BCUT2D eigenvalue weighted by Crippen LogP contribution is -2.39. The number of carbonyl (C=O) groups excluding carboxylic acids is 1. The summed E-state index contributed by atoms with van der Waals surface area (Å²) in [6, 6.07) is 19.8. The van der Waals surface area contributed by atoms with E-state index in [0.717, 1.165) is 30.4 Å². The molecule has 0 saturated carbocycles. The zero-order chi connectivity index (χ0) is 20.2. The second-order valence-electron chi connectivity index (χ2n) is 7.30. The lowest BCUT2D eigenvalue weighted by atomic mass is 9.86. The summed E-state index contributed by atoms with van der Waals surface area (Å²) < 4.78 is 26.9. The van der Waals surface area contributed by atoms with E-state index in [1.807, 2.05) is 12.1 Å². The molecule has 0 aliphatic heterocycles. The zero-order valence-electron chi connectivity index (χ0n) is 15.9. The third-order valence-electron chi connectivity index (χ3n) is 5.32. The van der Waals surface area contributed by atoms with Crippen molar-refractivity contribution in [2.45, 2.75) is 31.8 Å². The van der Waals surface area contributed by atoms with E-state index < -0.39 is 5.82 Å². The van der Waals surface area contributed by atoms with Crippen molar-refractivity contribution in [2.75, 3.05) is 5.32 Å². The number of hydrogen-bond donors (Lipinski definition) is 1. The fourth-order valence-corrected chi connectivity index (χ4v) is 3.92. The molecule has 0 bridgehead atoms. The maximum Gasteiger partial charge on any atom is 0.322 e. The van der Waals surface area contributed by atoms with Gasteiger partial charge in [-0.3, -0.25) is 0 Å². The summed E-state index contributed by atoms with van der Waals surface area (Å²) in [5.41, 5.74) is 3.62. The molecule has 0 fully saturated rings. The van der Waals surface area contributed by atoms with Crippen molar-refractivity contribution in [3.05, 3.63) is 101 Å². The molecule has 2 amide bonds. The van der Waals surface area contributed by atoms with Crippen molar-refractivity contribution in [3.8, 4) is 0 Å². The summed E-state index contributed by atoms with van der Waals surface area (Å²) in [6.07, 6.45) is 2.81. The number of carbonyl (C=O) groups is 1. The topological polar surface area (TPSA) is 32.3 Å². The normalized spacial score (nSPS) is 15.4. The number of fused-ring (bicyclic) bond motifs is 1. The number of benzene rings is 3. The summed E-state index contributed by atoms with van der Waals surface area (Å²) in [5, 5.41) is 2.82. The van der Waals surface area contributed by atoms with E-state index in [4.69, 9.17) is 0 Å². The average molecular weight is 392 g/mol. The van der Waals surface area contributed by atoms with E-state index in [2.05, 4.69) is 17.4 Å². The number of aryl methyl sites for hydroxylation is 1. The number of rotatable bonds is 4. The Kier molecular flexibility index (Phi) is 5.56. The molecule has 0 saturated heterocycles. The molecular formula is C24H22F2N2O. The third kappa shape index (κ3) is 4.45. The molecule has 3 nitrogen and oxygen atoms in total. The minimum Gasteiger partial charge on any atom is -0.313 e. The van der Waals surface area contributed by atoms with E-state index in [9.17, 15) is 13.6 Å². The molecule has 0 aromatic heterocycles. The minimum atomic E-state index is -0.407. The quantitative estimate of drug-likeness (QED) is 0.574. The highest BCUT2D eigenvalue weighted by Crippen LogP contribution is 2.35. The van der Waals surface area contributed by atoms with Gasteiger partial charge in [0.15, 0.2) is 0 Å². The average Bonchev–Trinajstić information content (AvgIpc) is 2.73. The van der Waals surface area contributed by atoms with Crippen molar-refractivity contribution < 1.29 is 13.6 Å². The number of hydrogen-bond acceptors (Lipinski definition) is 1. The van der Waals surface area contributed by atoms with Crippen molar-refractivity contribution >= 4 is 11.7 Å². The third-order valence-corrected chi connectivity index (χ3v) is 5.32. The summed E-state index contributed by atoms with van der Waals surface area (Å²) in [7, 11) is 0. The van der Waals surface area contributed by atoms with E-state index in [1.165, 1.54) is 29.8 Å². The predicted molar refractivity (Wildman–Crippen MR) is 109 cm³/mol. The van der Waals surface area contributed by atoms with Crippen molar-refractivity contribution in [3.63, 3.8) is 0 Å². The second-order valence-corrected chi connectivity index (χ2v) is 7.30. The highest BCUT2D eigenvalue weighted by molar-refractivity contribution is 5.89. The van der Waals surface area contributed by atoms with Crippen LogP contribution in [-0.4, -0.2) is 10.9 Å². The maximum atomic E-state index is 13.6. The van der Waals surface area contributed by atoms with Crippen LogP contribution in [0.4, 0.5) is 19.3 Å². The van der Waals surface area contributed by atoms with Gasteiger partial charge in [-0.25, -0.2) is 13.6 Å². The molecule has 29 heavy (non-hydrogen) atoms. The van der Waals surface area contributed by atoms with E-state index in [-0.39, 0.29) is 17.9 Å². The van der Waals surface area contributed by atoms with Crippen LogP contribution in [-0.2, 0) is 13.0 Å². The Balaban J connectivity index is 1.65. The zero-order valence-corrected chi connectivity index (χ0v) is 15.9. The Morgan fingerprint density at radius 3 is 2.55 bits per heavy atom. The SMILES string of the molecule is O=C(Nc1cccc(F)c1)N(Cc1ccc(F)cc1)C1CCCc2ccccc21. The number of anilines is 1.